The lowest BCUT2D eigenvalue weighted by molar-refractivity contribution is -0.139. The van der Waals surface area contributed by atoms with E-state index in [0.29, 0.717) is 23.6 Å². The Kier molecular flexibility index (Phi) is 6.16. The molecule has 3 unspecified atom stereocenters. The van der Waals surface area contributed by atoms with Crippen LogP contribution in [-0.4, -0.2) is 42.6 Å². The molecule has 0 radical (unpaired) electrons. The summed E-state index contributed by atoms with van der Waals surface area (Å²) in [5, 5.41) is 2.93. The number of anilines is 1. The van der Waals surface area contributed by atoms with Crippen LogP contribution in [0.2, 0.25) is 0 Å². The fourth-order valence-electron chi connectivity index (χ4n) is 4.78. The molecule has 0 spiro atoms. The van der Waals surface area contributed by atoms with E-state index >= 15 is 0 Å². The quantitative estimate of drug-likeness (QED) is 0.684. The predicted octanol–water partition coefficient (Wildman–Crippen LogP) is 4.51. The number of methoxy groups -OCH3 is 1. The molecule has 3 heterocycles. The summed E-state index contributed by atoms with van der Waals surface area (Å²) in [7, 11) is 1.27. The summed E-state index contributed by atoms with van der Waals surface area (Å²) in [5.41, 5.74) is -0.342. The molecular formula is C25H30F2N2O5. The molecule has 2 saturated heterocycles. The number of pyridine rings is 1. The summed E-state index contributed by atoms with van der Waals surface area (Å²) in [6, 6.07) is 5.92. The second-order valence-corrected chi connectivity index (χ2v) is 9.79. The summed E-state index contributed by atoms with van der Waals surface area (Å²) in [5.74, 6) is -4.07. The maximum absolute atomic E-state index is 14.6. The van der Waals surface area contributed by atoms with Gasteiger partial charge in [0.2, 0.25) is 11.7 Å². The van der Waals surface area contributed by atoms with Gasteiger partial charge < -0.3 is 24.3 Å². The highest BCUT2D eigenvalue weighted by Crippen LogP contribution is 2.52. The summed E-state index contributed by atoms with van der Waals surface area (Å²) in [6.45, 7) is 9.57. The SMILES string of the molecule is COc1c(C2(C)C(C(=O)Nc3ccnc(C4COC(C)(C)O4)c3)COC2(C)C)ccc(F)c1F. The number of hydrogen-bond acceptors (Lipinski definition) is 6. The van der Waals surface area contributed by atoms with Gasteiger partial charge in [-0.25, -0.2) is 4.39 Å². The van der Waals surface area contributed by atoms with Crippen molar-refractivity contribution in [2.45, 2.75) is 57.5 Å². The van der Waals surface area contributed by atoms with Gasteiger partial charge in [0.05, 0.1) is 37.5 Å². The van der Waals surface area contributed by atoms with Crippen LogP contribution < -0.4 is 10.1 Å². The van der Waals surface area contributed by atoms with Crippen LogP contribution in [-0.2, 0) is 24.4 Å². The molecule has 2 fully saturated rings. The molecule has 0 saturated carbocycles. The van der Waals surface area contributed by atoms with Crippen molar-refractivity contribution in [1.29, 1.82) is 0 Å². The number of carbonyl (C=O) groups is 1. The molecule has 3 atom stereocenters. The molecule has 4 rings (SSSR count). The number of carbonyl (C=O) groups excluding carboxylic acids is 1. The number of aromatic nitrogens is 1. The van der Waals surface area contributed by atoms with E-state index in [2.05, 4.69) is 10.3 Å². The van der Waals surface area contributed by atoms with Crippen LogP contribution in [0, 0.1) is 17.6 Å². The molecule has 184 valence electrons. The number of rotatable bonds is 5. The van der Waals surface area contributed by atoms with Crippen LogP contribution in [0.3, 0.4) is 0 Å². The molecule has 2 aliphatic rings. The van der Waals surface area contributed by atoms with Crippen LogP contribution in [0.1, 0.15) is 52.0 Å². The smallest absolute Gasteiger partial charge is 0.230 e. The zero-order valence-corrected chi connectivity index (χ0v) is 20.2. The first-order valence-corrected chi connectivity index (χ1v) is 11.1. The molecule has 1 N–H and O–H groups in total. The van der Waals surface area contributed by atoms with Crippen molar-refractivity contribution in [2.75, 3.05) is 25.6 Å². The Balaban J connectivity index is 1.64. The van der Waals surface area contributed by atoms with Gasteiger partial charge in [-0.15, -0.1) is 0 Å². The van der Waals surface area contributed by atoms with E-state index in [1.807, 2.05) is 34.6 Å². The van der Waals surface area contributed by atoms with E-state index in [4.69, 9.17) is 18.9 Å². The van der Waals surface area contributed by atoms with Gasteiger partial charge in [0, 0.05) is 22.9 Å². The third-order valence-electron chi connectivity index (χ3n) is 7.08. The minimum atomic E-state index is -1.09. The molecule has 1 aromatic carbocycles. The van der Waals surface area contributed by atoms with Crippen molar-refractivity contribution in [3.8, 4) is 5.75 Å². The summed E-state index contributed by atoms with van der Waals surface area (Å²) < 4.78 is 51.2. The van der Waals surface area contributed by atoms with Crippen molar-refractivity contribution >= 4 is 11.6 Å². The monoisotopic (exact) mass is 476 g/mol. The van der Waals surface area contributed by atoms with Gasteiger partial charge in [0.15, 0.2) is 17.4 Å². The van der Waals surface area contributed by atoms with Crippen molar-refractivity contribution in [2.24, 2.45) is 5.92 Å². The van der Waals surface area contributed by atoms with Crippen molar-refractivity contribution < 1.29 is 32.5 Å². The third kappa shape index (κ3) is 4.06. The largest absolute Gasteiger partial charge is 0.493 e. The Hall–Kier alpha value is -2.62. The molecule has 2 aromatic rings. The first-order valence-electron chi connectivity index (χ1n) is 11.1. The Morgan fingerprint density at radius 1 is 1.12 bits per heavy atom. The topological polar surface area (TPSA) is 78.9 Å². The molecule has 34 heavy (non-hydrogen) atoms. The maximum atomic E-state index is 14.6. The van der Waals surface area contributed by atoms with Gasteiger partial charge in [-0.05, 0) is 45.9 Å². The minimum absolute atomic E-state index is 0.100. The Bertz CT molecular complexity index is 1110. The van der Waals surface area contributed by atoms with Gasteiger partial charge in [0.1, 0.15) is 6.10 Å². The van der Waals surface area contributed by atoms with Crippen LogP contribution in [0.5, 0.6) is 5.75 Å². The summed E-state index contributed by atoms with van der Waals surface area (Å²) in [6.07, 6.45) is 1.24. The third-order valence-corrected chi connectivity index (χ3v) is 7.08. The Morgan fingerprint density at radius 2 is 1.85 bits per heavy atom. The van der Waals surface area contributed by atoms with E-state index < -0.39 is 34.4 Å². The Labute approximate surface area is 197 Å². The van der Waals surface area contributed by atoms with E-state index in [-0.39, 0.29) is 24.4 Å². The first kappa shape index (κ1) is 24.5. The number of nitrogens with zero attached hydrogens (tertiary/aromatic N) is 1. The highest BCUT2D eigenvalue weighted by atomic mass is 19.2. The molecule has 2 aliphatic heterocycles. The molecule has 0 aliphatic carbocycles. The lowest BCUT2D eigenvalue weighted by Gasteiger charge is -2.41. The highest BCUT2D eigenvalue weighted by Gasteiger charge is 2.58. The number of ether oxygens (including phenoxy) is 4. The molecule has 1 aromatic heterocycles. The van der Waals surface area contributed by atoms with Crippen LogP contribution in [0.15, 0.2) is 30.5 Å². The second kappa shape index (κ2) is 8.55. The fraction of sp³-hybridized carbons (Fsp3) is 0.520. The number of hydrogen-bond donors (Lipinski definition) is 1. The predicted molar refractivity (Wildman–Crippen MR) is 121 cm³/mol. The zero-order chi connectivity index (χ0) is 24.9. The van der Waals surface area contributed by atoms with Crippen LogP contribution >= 0.6 is 0 Å². The number of halogens is 2. The molecule has 9 heteroatoms. The van der Waals surface area contributed by atoms with Gasteiger partial charge >= 0.3 is 0 Å². The second-order valence-electron chi connectivity index (χ2n) is 9.79. The molecule has 1 amide bonds. The molecule has 7 nitrogen and oxygen atoms in total. The maximum Gasteiger partial charge on any atom is 0.230 e. The van der Waals surface area contributed by atoms with Crippen LogP contribution in [0.25, 0.3) is 0 Å². The van der Waals surface area contributed by atoms with Crippen molar-refractivity contribution in [3.63, 3.8) is 0 Å². The standard InChI is InChI=1S/C25H30F2N2O5/c1-23(2)25(5,15-7-8-17(26)20(27)21(15)31-6)16(12-32-23)22(30)29-14-9-10-28-18(11-14)19-13-33-24(3,4)34-19/h7-11,16,19H,12-13H2,1-6H3,(H,28,29,30). The van der Waals surface area contributed by atoms with Crippen molar-refractivity contribution in [3.05, 3.63) is 53.4 Å². The normalized spacial score (nSPS) is 27.5. The van der Waals surface area contributed by atoms with E-state index in [1.54, 1.807) is 18.3 Å². The van der Waals surface area contributed by atoms with E-state index in [0.717, 1.165) is 6.07 Å². The van der Waals surface area contributed by atoms with Gasteiger partial charge in [0.25, 0.3) is 0 Å². The number of nitrogens with one attached hydrogen (secondary N) is 1. The average molecular weight is 477 g/mol. The van der Waals surface area contributed by atoms with E-state index in [9.17, 15) is 13.6 Å². The summed E-state index contributed by atoms with van der Waals surface area (Å²) in [4.78, 5) is 17.9. The lowest BCUT2D eigenvalue weighted by Crippen LogP contribution is -2.49. The van der Waals surface area contributed by atoms with Crippen molar-refractivity contribution in [1.82, 2.24) is 4.98 Å². The zero-order valence-electron chi connectivity index (χ0n) is 20.2. The van der Waals surface area contributed by atoms with E-state index in [1.165, 1.54) is 13.2 Å². The van der Waals surface area contributed by atoms with Crippen LogP contribution in [0.4, 0.5) is 14.5 Å². The molecule has 0 bridgehead atoms. The summed E-state index contributed by atoms with van der Waals surface area (Å²) >= 11 is 0. The first-order chi connectivity index (χ1) is 15.9. The lowest BCUT2D eigenvalue weighted by atomic mass is 9.64. The van der Waals surface area contributed by atoms with Gasteiger partial charge in [-0.3, -0.25) is 9.78 Å². The number of amides is 1. The Morgan fingerprint density at radius 3 is 2.50 bits per heavy atom. The van der Waals surface area contributed by atoms with Gasteiger partial charge in [-0.2, -0.15) is 4.39 Å². The minimum Gasteiger partial charge on any atom is -0.493 e. The number of benzene rings is 1. The average Bonchev–Trinajstić information content (AvgIpc) is 3.26. The van der Waals surface area contributed by atoms with Gasteiger partial charge in [-0.1, -0.05) is 13.0 Å². The molecular weight excluding hydrogens is 446 g/mol. The highest BCUT2D eigenvalue weighted by molar-refractivity contribution is 5.94. The fourth-order valence-corrected chi connectivity index (χ4v) is 4.78.